The van der Waals surface area contributed by atoms with Crippen LogP contribution in [-0.4, -0.2) is 86.6 Å². The predicted octanol–water partition coefficient (Wildman–Crippen LogP) is 0.456. The molecule has 3 aromatic rings. The number of anilines is 1. The van der Waals surface area contributed by atoms with Gasteiger partial charge in [-0.15, -0.1) is 0 Å². The number of nitrogens with two attached hydrogens (primary N) is 1. The summed E-state index contributed by atoms with van der Waals surface area (Å²) in [6.45, 7) is 4.87. The normalized spacial score (nSPS) is 20.7. The van der Waals surface area contributed by atoms with Gasteiger partial charge in [0.25, 0.3) is 5.56 Å². The molecule has 1 fully saturated rings. The van der Waals surface area contributed by atoms with Gasteiger partial charge in [0, 0.05) is 18.7 Å². The molecule has 4 heterocycles. The lowest BCUT2D eigenvalue weighted by Gasteiger charge is -2.37. The third kappa shape index (κ3) is 7.74. The van der Waals surface area contributed by atoms with Gasteiger partial charge in [0.1, 0.15) is 37.0 Å². The van der Waals surface area contributed by atoms with Crippen LogP contribution in [0, 0.1) is 0 Å². The number of aromatic amines is 1. The van der Waals surface area contributed by atoms with Gasteiger partial charge < -0.3 is 39.6 Å². The molecule has 238 valence electrons. The Morgan fingerprint density at radius 2 is 1.98 bits per heavy atom. The summed E-state index contributed by atoms with van der Waals surface area (Å²) < 4.78 is 39.5. The number of ether oxygens (including phenoxy) is 3. The number of imidazole rings is 1. The highest BCUT2D eigenvalue weighted by Gasteiger charge is 2.47. The topological polar surface area (TPSA) is 239 Å². The van der Waals surface area contributed by atoms with Crippen molar-refractivity contribution in [2.75, 3.05) is 18.9 Å². The van der Waals surface area contributed by atoms with Crippen molar-refractivity contribution in [3.63, 3.8) is 0 Å². The van der Waals surface area contributed by atoms with Crippen LogP contribution in [-0.2, 0) is 30.0 Å². The number of rotatable bonds is 14. The summed E-state index contributed by atoms with van der Waals surface area (Å²) in [5, 5.41) is 18.1. The fraction of sp³-hybridized carbons (Fsp3) is 0.640. The number of aliphatic hydroxyl groups is 2. The second kappa shape index (κ2) is 12.9. The molecular weight excluding hydrogens is 589 g/mol. The van der Waals surface area contributed by atoms with E-state index in [-0.39, 0.29) is 31.7 Å². The van der Waals surface area contributed by atoms with Crippen LogP contribution in [0.1, 0.15) is 53.2 Å². The van der Waals surface area contributed by atoms with Crippen molar-refractivity contribution in [2.24, 2.45) is 0 Å². The fourth-order valence-electron chi connectivity index (χ4n) is 4.65. The number of nitrogens with one attached hydrogen (secondary N) is 1. The van der Waals surface area contributed by atoms with Gasteiger partial charge in [-0.3, -0.25) is 23.5 Å². The molecule has 3 aromatic heterocycles. The van der Waals surface area contributed by atoms with Crippen LogP contribution < -0.4 is 17.0 Å². The van der Waals surface area contributed by atoms with Gasteiger partial charge in [0.15, 0.2) is 16.8 Å². The molecule has 0 bridgehead atoms. The van der Waals surface area contributed by atoms with Gasteiger partial charge in [0.2, 0.25) is 0 Å². The number of H-pyrrole nitrogens is 1. The lowest BCUT2D eigenvalue weighted by molar-refractivity contribution is -0.129. The Balaban J connectivity index is 1.35. The number of nitrogen functional groups attached to an aromatic ring is 1. The second-order valence-electron chi connectivity index (χ2n) is 11.4. The van der Waals surface area contributed by atoms with E-state index in [1.165, 1.54) is 47.9 Å². The summed E-state index contributed by atoms with van der Waals surface area (Å²) in [6, 6.07) is 1.23. The van der Waals surface area contributed by atoms with Crippen molar-refractivity contribution in [2.45, 2.75) is 89.2 Å². The number of hydrogen-bond acceptors (Lipinski definition) is 13. The van der Waals surface area contributed by atoms with Crippen molar-refractivity contribution < 1.29 is 38.4 Å². The molecule has 0 saturated carbocycles. The van der Waals surface area contributed by atoms with Crippen LogP contribution in [0.25, 0.3) is 11.2 Å². The summed E-state index contributed by atoms with van der Waals surface area (Å²) in [7, 11) is -4.48. The van der Waals surface area contributed by atoms with E-state index in [1.54, 1.807) is 13.8 Å². The van der Waals surface area contributed by atoms with Crippen molar-refractivity contribution in [3.8, 4) is 0 Å². The molecule has 0 amide bonds. The first-order valence-corrected chi connectivity index (χ1v) is 15.2. The zero-order valence-corrected chi connectivity index (χ0v) is 25.2. The minimum atomic E-state index is -4.48. The van der Waals surface area contributed by atoms with Crippen molar-refractivity contribution in [1.29, 1.82) is 0 Å². The largest absolute Gasteiger partial charge is 0.394 e. The van der Waals surface area contributed by atoms with E-state index in [4.69, 9.17) is 24.5 Å². The SMILES string of the molecule is CC(C)(C[C@@H]1CC[C@H](n2ccc(=O)[nH]c2=O)O1)OP(=O)(O)C(C)(C)OCC(OCn1cnc2c(N)ncnc21)C(O)CO. The molecule has 5 atom stereocenters. The molecule has 0 spiro atoms. The third-order valence-corrected chi connectivity index (χ3v) is 9.32. The molecule has 0 aliphatic carbocycles. The van der Waals surface area contributed by atoms with Crippen LogP contribution in [0.2, 0.25) is 0 Å². The van der Waals surface area contributed by atoms with Crippen LogP contribution in [0.3, 0.4) is 0 Å². The standard InChI is InChI=1S/C25H38N7O10P/c1-24(2,9-15-5-6-19(41-15)32-8-7-18(35)30-23(32)36)42-43(37,38)25(3,4)40-11-17(16(34)10-33)39-14-31-13-29-20-21(26)27-12-28-22(20)31/h7-8,12-13,15-17,19,33-34H,5-6,9-11,14H2,1-4H3,(H,37,38)(H2,26,27,28)(H,30,35,36)/t15-,16?,17?,19+/m0/s1. The summed E-state index contributed by atoms with van der Waals surface area (Å²) in [4.78, 5) is 48.8. The first kappa shape index (κ1) is 32.9. The van der Waals surface area contributed by atoms with Crippen molar-refractivity contribution in [3.05, 3.63) is 45.8 Å². The average Bonchev–Trinajstić information content (AvgIpc) is 3.55. The van der Waals surface area contributed by atoms with E-state index in [0.717, 1.165) is 0 Å². The van der Waals surface area contributed by atoms with Gasteiger partial charge >= 0.3 is 13.3 Å². The van der Waals surface area contributed by atoms with E-state index in [2.05, 4.69) is 19.9 Å². The highest BCUT2D eigenvalue weighted by Crippen LogP contribution is 2.59. The van der Waals surface area contributed by atoms with E-state index in [1.807, 2.05) is 0 Å². The van der Waals surface area contributed by atoms with E-state index >= 15 is 0 Å². The molecule has 0 radical (unpaired) electrons. The quantitative estimate of drug-likeness (QED) is 0.153. The first-order valence-electron chi connectivity index (χ1n) is 13.6. The number of fused-ring (bicyclic) bond motifs is 1. The highest BCUT2D eigenvalue weighted by atomic mass is 31.2. The zero-order valence-electron chi connectivity index (χ0n) is 24.3. The summed E-state index contributed by atoms with van der Waals surface area (Å²) in [5.74, 6) is 0.186. The maximum Gasteiger partial charge on any atom is 0.359 e. The average molecular weight is 628 g/mol. The Morgan fingerprint density at radius 3 is 2.67 bits per heavy atom. The Bertz CT molecular complexity index is 1570. The molecule has 1 saturated heterocycles. The lowest BCUT2D eigenvalue weighted by atomic mass is 9.99. The molecular formula is C25H38N7O10P. The molecule has 1 aliphatic rings. The molecule has 3 unspecified atom stereocenters. The number of aromatic nitrogens is 6. The summed E-state index contributed by atoms with van der Waals surface area (Å²) in [5.41, 5.74) is 4.33. The van der Waals surface area contributed by atoms with Gasteiger partial charge in [-0.1, -0.05) is 0 Å². The lowest BCUT2D eigenvalue weighted by Crippen LogP contribution is -2.40. The summed E-state index contributed by atoms with van der Waals surface area (Å²) in [6.07, 6.45) is 1.89. The smallest absolute Gasteiger partial charge is 0.359 e. The Kier molecular flexibility index (Phi) is 9.88. The van der Waals surface area contributed by atoms with Gasteiger partial charge in [0.05, 0.1) is 31.2 Å². The van der Waals surface area contributed by atoms with Crippen molar-refractivity contribution in [1.82, 2.24) is 29.1 Å². The zero-order chi connectivity index (χ0) is 31.6. The van der Waals surface area contributed by atoms with Crippen LogP contribution >= 0.6 is 7.60 Å². The molecule has 6 N–H and O–H groups in total. The molecule has 4 rings (SSSR count). The Morgan fingerprint density at radius 1 is 1.23 bits per heavy atom. The fourth-order valence-corrected chi connectivity index (χ4v) is 5.85. The van der Waals surface area contributed by atoms with Gasteiger partial charge in [-0.25, -0.2) is 19.7 Å². The number of nitrogens with zero attached hydrogens (tertiary/aromatic N) is 5. The Hall–Kier alpha value is -3.02. The Labute approximate surface area is 246 Å². The minimum absolute atomic E-state index is 0.146. The van der Waals surface area contributed by atoms with E-state index in [9.17, 15) is 29.3 Å². The maximum absolute atomic E-state index is 13.5. The van der Waals surface area contributed by atoms with Crippen LogP contribution in [0.5, 0.6) is 0 Å². The highest BCUT2D eigenvalue weighted by molar-refractivity contribution is 7.54. The molecule has 0 aromatic carbocycles. The van der Waals surface area contributed by atoms with Gasteiger partial charge in [-0.05, 0) is 40.5 Å². The molecule has 1 aliphatic heterocycles. The summed E-state index contributed by atoms with van der Waals surface area (Å²) >= 11 is 0. The molecule has 18 heteroatoms. The first-order chi connectivity index (χ1) is 20.1. The van der Waals surface area contributed by atoms with Gasteiger partial charge in [-0.2, -0.15) is 0 Å². The number of hydrogen-bond donors (Lipinski definition) is 5. The van der Waals surface area contributed by atoms with Crippen molar-refractivity contribution >= 4 is 24.6 Å². The van der Waals surface area contributed by atoms with E-state index in [0.29, 0.717) is 24.0 Å². The molecule has 43 heavy (non-hydrogen) atoms. The monoisotopic (exact) mass is 627 g/mol. The predicted molar refractivity (Wildman–Crippen MR) is 152 cm³/mol. The molecule has 17 nitrogen and oxygen atoms in total. The van der Waals surface area contributed by atoms with Crippen LogP contribution in [0.15, 0.2) is 34.5 Å². The third-order valence-electron chi connectivity index (χ3n) is 7.09. The number of aliphatic hydroxyl groups excluding tert-OH is 2. The minimum Gasteiger partial charge on any atom is -0.394 e. The van der Waals surface area contributed by atoms with Crippen LogP contribution in [0.4, 0.5) is 5.82 Å². The maximum atomic E-state index is 13.5. The second-order valence-corrected chi connectivity index (χ2v) is 13.7. The van der Waals surface area contributed by atoms with E-state index < -0.39 is 54.8 Å².